The first kappa shape index (κ1) is 30.6. The first-order chi connectivity index (χ1) is 18.5. The number of hydrogen-bond acceptors (Lipinski definition) is 1. The van der Waals surface area contributed by atoms with Crippen molar-refractivity contribution in [2.75, 3.05) is 0 Å². The third-order valence-corrected chi connectivity index (χ3v) is 11.1. The van der Waals surface area contributed by atoms with Crippen molar-refractivity contribution in [3.8, 4) is 5.75 Å². The van der Waals surface area contributed by atoms with E-state index in [1.807, 2.05) is 13.8 Å². The SMILES string of the molecule is Cc1c(C)c(OC(F)(F)/C=C/CC2CCC(CC3CCC(C)CC3)CC2)c(C)c(C)c1CC1CCC(C)CC1. The van der Waals surface area contributed by atoms with Gasteiger partial charge in [0.25, 0.3) is 0 Å². The van der Waals surface area contributed by atoms with Gasteiger partial charge in [0.15, 0.2) is 0 Å². The third-order valence-electron chi connectivity index (χ3n) is 11.1. The Bertz CT molecular complexity index is 926. The van der Waals surface area contributed by atoms with Crippen molar-refractivity contribution in [1.82, 2.24) is 0 Å². The Kier molecular flexibility index (Phi) is 10.6. The van der Waals surface area contributed by atoms with E-state index in [4.69, 9.17) is 4.74 Å². The minimum atomic E-state index is -3.29. The molecule has 3 fully saturated rings. The largest absolute Gasteiger partial charge is 0.429 e. The summed E-state index contributed by atoms with van der Waals surface area (Å²) in [6.07, 6.45) is 18.4. The molecule has 0 amide bonds. The summed E-state index contributed by atoms with van der Waals surface area (Å²) in [5.41, 5.74) is 5.36. The van der Waals surface area contributed by atoms with Gasteiger partial charge in [-0.1, -0.05) is 71.3 Å². The van der Waals surface area contributed by atoms with Crippen LogP contribution in [0.2, 0.25) is 0 Å². The first-order valence-corrected chi connectivity index (χ1v) is 16.4. The smallest absolute Gasteiger partial charge is 0.419 e. The second-order valence-electron chi connectivity index (χ2n) is 14.2. The molecule has 1 aromatic rings. The maximum Gasteiger partial charge on any atom is 0.419 e. The van der Waals surface area contributed by atoms with Crippen LogP contribution in [0.5, 0.6) is 5.75 Å². The van der Waals surface area contributed by atoms with Crippen LogP contribution in [0.1, 0.15) is 132 Å². The highest BCUT2D eigenvalue weighted by Crippen LogP contribution is 2.41. The second kappa shape index (κ2) is 13.5. The van der Waals surface area contributed by atoms with E-state index in [1.54, 1.807) is 6.08 Å². The molecule has 0 aromatic heterocycles. The fourth-order valence-electron chi connectivity index (χ4n) is 7.94. The van der Waals surface area contributed by atoms with Gasteiger partial charge in [-0.15, -0.1) is 0 Å². The Morgan fingerprint density at radius 3 is 1.59 bits per heavy atom. The van der Waals surface area contributed by atoms with Crippen molar-refractivity contribution in [2.45, 2.75) is 144 Å². The molecule has 4 rings (SSSR count). The molecule has 0 aliphatic heterocycles. The molecule has 0 spiro atoms. The zero-order valence-electron chi connectivity index (χ0n) is 25.9. The van der Waals surface area contributed by atoms with E-state index < -0.39 is 6.11 Å². The zero-order chi connectivity index (χ0) is 28.2. The molecule has 0 unspecified atom stereocenters. The number of hydrogen-bond donors (Lipinski definition) is 0. The molecule has 0 N–H and O–H groups in total. The molecule has 3 heteroatoms. The van der Waals surface area contributed by atoms with Crippen LogP contribution in [-0.2, 0) is 6.42 Å². The van der Waals surface area contributed by atoms with Gasteiger partial charge in [0, 0.05) is 6.08 Å². The van der Waals surface area contributed by atoms with E-state index in [-0.39, 0.29) is 0 Å². The van der Waals surface area contributed by atoms with Crippen molar-refractivity contribution in [1.29, 1.82) is 0 Å². The summed E-state index contributed by atoms with van der Waals surface area (Å²) < 4.78 is 35.5. The highest BCUT2D eigenvalue weighted by atomic mass is 19.3. The van der Waals surface area contributed by atoms with Crippen molar-refractivity contribution in [3.05, 3.63) is 40.0 Å². The molecule has 0 saturated heterocycles. The lowest BCUT2D eigenvalue weighted by atomic mass is 9.73. The van der Waals surface area contributed by atoms with Gasteiger partial charge in [-0.05, 0) is 136 Å². The van der Waals surface area contributed by atoms with Crippen LogP contribution in [0.4, 0.5) is 8.78 Å². The molecule has 220 valence electrons. The number of alkyl halides is 2. The monoisotopic (exact) mass is 542 g/mol. The molecule has 39 heavy (non-hydrogen) atoms. The van der Waals surface area contributed by atoms with E-state index in [0.717, 1.165) is 64.8 Å². The maximum atomic E-state index is 15.0. The molecule has 3 aliphatic carbocycles. The third kappa shape index (κ3) is 8.32. The van der Waals surface area contributed by atoms with Gasteiger partial charge in [-0.2, -0.15) is 8.78 Å². The standard InChI is InChI=1S/C36H56F2O/c1-24-9-13-31(14-10-24)22-32-19-17-30(18-20-32)8-7-21-36(37,38)39-35-28(5)26(3)34(27(4)29(35)6)23-33-15-11-25(2)12-16-33/h7,21,24-25,30-33H,8-20,22-23H2,1-6H3/b21-7+. The van der Waals surface area contributed by atoms with Crippen molar-refractivity contribution in [2.24, 2.45) is 35.5 Å². The molecule has 1 nitrogen and oxygen atoms in total. The van der Waals surface area contributed by atoms with Crippen LogP contribution in [0.3, 0.4) is 0 Å². The lowest BCUT2D eigenvalue weighted by Crippen LogP contribution is -2.24. The van der Waals surface area contributed by atoms with Crippen molar-refractivity contribution >= 4 is 0 Å². The van der Waals surface area contributed by atoms with Gasteiger partial charge in [0.2, 0.25) is 0 Å². The predicted molar refractivity (Wildman–Crippen MR) is 161 cm³/mol. The average Bonchev–Trinajstić information content (AvgIpc) is 2.91. The minimum absolute atomic E-state index is 0.373. The Hall–Kier alpha value is -1.38. The highest BCUT2D eigenvalue weighted by molar-refractivity contribution is 5.54. The van der Waals surface area contributed by atoms with Crippen LogP contribution < -0.4 is 4.74 Å². The van der Waals surface area contributed by atoms with Crippen molar-refractivity contribution < 1.29 is 13.5 Å². The molecular formula is C36H56F2O. The Balaban J connectivity index is 1.29. The summed E-state index contributed by atoms with van der Waals surface area (Å²) in [7, 11) is 0. The highest BCUT2D eigenvalue weighted by Gasteiger charge is 2.32. The summed E-state index contributed by atoms with van der Waals surface area (Å²) in [5.74, 6) is 5.16. The van der Waals surface area contributed by atoms with E-state index >= 15 is 8.78 Å². The average molecular weight is 543 g/mol. The van der Waals surface area contributed by atoms with E-state index in [2.05, 4.69) is 27.7 Å². The summed E-state index contributed by atoms with van der Waals surface area (Å²) in [5, 5.41) is 0. The summed E-state index contributed by atoms with van der Waals surface area (Å²) in [6.45, 7) is 12.8. The maximum absolute atomic E-state index is 15.0. The number of allylic oxidation sites excluding steroid dienone is 1. The normalized spacial score (nSPS) is 30.6. The Morgan fingerprint density at radius 1 is 0.641 bits per heavy atom. The van der Waals surface area contributed by atoms with Crippen LogP contribution >= 0.6 is 0 Å². The topological polar surface area (TPSA) is 9.23 Å². The Morgan fingerprint density at radius 2 is 1.08 bits per heavy atom. The quantitative estimate of drug-likeness (QED) is 0.282. The van der Waals surface area contributed by atoms with Gasteiger partial charge >= 0.3 is 6.11 Å². The molecule has 0 heterocycles. The lowest BCUT2D eigenvalue weighted by molar-refractivity contribution is -0.132. The molecule has 0 atom stereocenters. The molecular weight excluding hydrogens is 486 g/mol. The molecule has 0 radical (unpaired) electrons. The van der Waals surface area contributed by atoms with E-state index in [0.29, 0.717) is 17.6 Å². The van der Waals surface area contributed by atoms with Crippen molar-refractivity contribution in [3.63, 3.8) is 0 Å². The predicted octanol–water partition coefficient (Wildman–Crippen LogP) is 11.2. The van der Waals surface area contributed by atoms with E-state index in [9.17, 15) is 0 Å². The van der Waals surface area contributed by atoms with Gasteiger partial charge in [0.1, 0.15) is 5.75 Å². The van der Waals surface area contributed by atoms with Gasteiger partial charge in [-0.25, -0.2) is 0 Å². The van der Waals surface area contributed by atoms with Gasteiger partial charge < -0.3 is 4.74 Å². The van der Waals surface area contributed by atoms with Gasteiger partial charge in [-0.3, -0.25) is 0 Å². The summed E-state index contributed by atoms with van der Waals surface area (Å²) in [6, 6.07) is 0. The van der Waals surface area contributed by atoms with Crippen LogP contribution in [0, 0.1) is 63.2 Å². The Labute approximate surface area is 238 Å². The number of benzene rings is 1. The fourth-order valence-corrected chi connectivity index (χ4v) is 7.94. The fraction of sp³-hybridized carbons (Fsp3) is 0.778. The molecule has 3 aliphatic rings. The first-order valence-electron chi connectivity index (χ1n) is 16.4. The number of halogens is 2. The molecule has 3 saturated carbocycles. The van der Waals surface area contributed by atoms with Crippen LogP contribution in [0.25, 0.3) is 0 Å². The summed E-state index contributed by atoms with van der Waals surface area (Å²) in [4.78, 5) is 0. The number of rotatable bonds is 9. The molecule has 0 bridgehead atoms. The van der Waals surface area contributed by atoms with Crippen LogP contribution in [-0.4, -0.2) is 6.11 Å². The number of ether oxygens (including phenoxy) is 1. The zero-order valence-corrected chi connectivity index (χ0v) is 25.9. The molecule has 1 aromatic carbocycles. The van der Waals surface area contributed by atoms with Gasteiger partial charge in [0.05, 0.1) is 0 Å². The lowest BCUT2D eigenvalue weighted by Gasteiger charge is -2.33. The second-order valence-corrected chi connectivity index (χ2v) is 14.2. The minimum Gasteiger partial charge on any atom is -0.429 e. The van der Waals surface area contributed by atoms with E-state index in [1.165, 1.54) is 89.0 Å². The van der Waals surface area contributed by atoms with Crippen LogP contribution in [0.15, 0.2) is 12.2 Å². The summed E-state index contributed by atoms with van der Waals surface area (Å²) >= 11 is 0.